The largest absolute Gasteiger partial charge is 0.379 e. The summed E-state index contributed by atoms with van der Waals surface area (Å²) in [5.74, 6) is 0.511. The van der Waals surface area contributed by atoms with Crippen molar-refractivity contribution in [2.24, 2.45) is 0 Å². The molecule has 6 nitrogen and oxygen atoms in total. The average Bonchev–Trinajstić information content (AvgIpc) is 2.40. The Hall–Kier alpha value is -1.71. The van der Waals surface area contributed by atoms with Crippen LogP contribution in [0.25, 0.3) is 0 Å². The minimum absolute atomic E-state index is 0.383. The lowest BCUT2D eigenvalue weighted by atomic mass is 10.4. The Balaban J connectivity index is 1.75. The topological polar surface area (TPSA) is 74.1 Å². The third kappa shape index (κ3) is 3.66. The Labute approximate surface area is 100 Å². The summed E-state index contributed by atoms with van der Waals surface area (Å²) in [5, 5.41) is 11.8. The van der Waals surface area contributed by atoms with Crippen LogP contribution < -0.4 is 5.32 Å². The van der Waals surface area contributed by atoms with Gasteiger partial charge < -0.3 is 10.1 Å². The number of anilines is 1. The van der Waals surface area contributed by atoms with Gasteiger partial charge in [0, 0.05) is 32.4 Å². The molecule has 2 rings (SSSR count). The van der Waals surface area contributed by atoms with Crippen LogP contribution in [-0.4, -0.2) is 54.3 Å². The molecular formula is C11H15N5O. The van der Waals surface area contributed by atoms with Gasteiger partial charge >= 0.3 is 0 Å². The number of nitrogens with zero attached hydrogens (tertiary/aromatic N) is 4. The van der Waals surface area contributed by atoms with Crippen LogP contribution in [0.1, 0.15) is 5.69 Å². The minimum Gasteiger partial charge on any atom is -0.379 e. The number of nitrogens with one attached hydrogen (secondary N) is 1. The summed E-state index contributed by atoms with van der Waals surface area (Å²) in [6.45, 7) is 5.26. The van der Waals surface area contributed by atoms with Gasteiger partial charge in [-0.2, -0.15) is 5.26 Å². The molecule has 0 bridgehead atoms. The van der Waals surface area contributed by atoms with Crippen molar-refractivity contribution in [3.63, 3.8) is 0 Å². The van der Waals surface area contributed by atoms with E-state index in [9.17, 15) is 0 Å². The van der Waals surface area contributed by atoms with Gasteiger partial charge in [0.1, 0.15) is 11.8 Å². The molecule has 0 atom stereocenters. The molecule has 1 aliphatic rings. The lowest BCUT2D eigenvalue weighted by molar-refractivity contribution is 0.0398. The number of ether oxygens (including phenoxy) is 1. The zero-order valence-electron chi connectivity index (χ0n) is 9.59. The van der Waals surface area contributed by atoms with Crippen LogP contribution in [0, 0.1) is 11.3 Å². The van der Waals surface area contributed by atoms with Crippen LogP contribution in [0.3, 0.4) is 0 Å². The second-order valence-electron chi connectivity index (χ2n) is 3.76. The molecule has 1 N–H and O–H groups in total. The van der Waals surface area contributed by atoms with Crippen molar-refractivity contribution >= 4 is 5.95 Å². The van der Waals surface area contributed by atoms with E-state index in [4.69, 9.17) is 10.00 Å². The van der Waals surface area contributed by atoms with Crippen LogP contribution in [0.4, 0.5) is 5.95 Å². The number of rotatable bonds is 4. The number of aromatic nitrogens is 2. The second-order valence-corrected chi connectivity index (χ2v) is 3.76. The van der Waals surface area contributed by atoms with Crippen LogP contribution in [0.15, 0.2) is 12.3 Å². The normalized spacial score (nSPS) is 16.4. The third-order valence-corrected chi connectivity index (χ3v) is 2.58. The van der Waals surface area contributed by atoms with Crippen molar-refractivity contribution < 1.29 is 4.74 Å². The number of morpholine rings is 1. The minimum atomic E-state index is 0.383. The van der Waals surface area contributed by atoms with Crippen molar-refractivity contribution in [2.45, 2.75) is 0 Å². The molecule has 1 aliphatic heterocycles. The van der Waals surface area contributed by atoms with Crippen molar-refractivity contribution in [3.8, 4) is 6.07 Å². The summed E-state index contributed by atoms with van der Waals surface area (Å²) in [5.41, 5.74) is 0.383. The fourth-order valence-corrected chi connectivity index (χ4v) is 1.66. The molecule has 6 heteroatoms. The molecule has 1 aromatic rings. The molecule has 0 aromatic carbocycles. The standard InChI is InChI=1S/C11H15N5O/c12-9-10-1-2-13-11(15-10)14-3-4-16-5-7-17-8-6-16/h1-2H,3-8H2,(H,13,14,15). The van der Waals surface area contributed by atoms with E-state index in [1.54, 1.807) is 12.3 Å². The highest BCUT2D eigenvalue weighted by Crippen LogP contribution is 2.00. The van der Waals surface area contributed by atoms with Crippen molar-refractivity contribution in [3.05, 3.63) is 18.0 Å². The summed E-state index contributed by atoms with van der Waals surface area (Å²) in [6.07, 6.45) is 1.59. The number of nitriles is 1. The van der Waals surface area contributed by atoms with E-state index < -0.39 is 0 Å². The molecule has 2 heterocycles. The van der Waals surface area contributed by atoms with E-state index in [1.165, 1.54) is 0 Å². The maximum Gasteiger partial charge on any atom is 0.223 e. The van der Waals surface area contributed by atoms with E-state index in [0.29, 0.717) is 11.6 Å². The molecule has 0 spiro atoms. The predicted octanol–water partition coefficient (Wildman–Crippen LogP) is 0.0924. The summed E-state index contributed by atoms with van der Waals surface area (Å²) >= 11 is 0. The van der Waals surface area contributed by atoms with Gasteiger partial charge in [-0.3, -0.25) is 4.90 Å². The SMILES string of the molecule is N#Cc1ccnc(NCCN2CCOCC2)n1. The Morgan fingerprint density at radius 2 is 2.29 bits per heavy atom. The molecule has 0 radical (unpaired) electrons. The Bertz CT molecular complexity index is 397. The fourth-order valence-electron chi connectivity index (χ4n) is 1.66. The van der Waals surface area contributed by atoms with E-state index >= 15 is 0 Å². The second kappa shape index (κ2) is 6.13. The summed E-state index contributed by atoms with van der Waals surface area (Å²) in [7, 11) is 0. The van der Waals surface area contributed by atoms with E-state index in [2.05, 4.69) is 20.2 Å². The maximum atomic E-state index is 8.70. The molecular weight excluding hydrogens is 218 g/mol. The van der Waals surface area contributed by atoms with Crippen LogP contribution >= 0.6 is 0 Å². The Morgan fingerprint density at radius 3 is 3.06 bits per heavy atom. The monoisotopic (exact) mass is 233 g/mol. The van der Waals surface area contributed by atoms with Crippen LogP contribution in [-0.2, 0) is 4.74 Å². The first-order valence-corrected chi connectivity index (χ1v) is 5.65. The van der Waals surface area contributed by atoms with Gasteiger partial charge in [0.05, 0.1) is 13.2 Å². The van der Waals surface area contributed by atoms with Gasteiger partial charge in [-0.05, 0) is 6.07 Å². The predicted molar refractivity (Wildman–Crippen MR) is 62.5 cm³/mol. The van der Waals surface area contributed by atoms with E-state index in [-0.39, 0.29) is 0 Å². The lowest BCUT2D eigenvalue weighted by Crippen LogP contribution is -2.39. The lowest BCUT2D eigenvalue weighted by Gasteiger charge is -2.26. The average molecular weight is 233 g/mol. The first kappa shape index (κ1) is 11.8. The van der Waals surface area contributed by atoms with Crippen molar-refractivity contribution in [1.82, 2.24) is 14.9 Å². The van der Waals surface area contributed by atoms with E-state index in [1.807, 2.05) is 6.07 Å². The molecule has 1 fully saturated rings. The van der Waals surface area contributed by atoms with Gasteiger partial charge in [0.15, 0.2) is 0 Å². The van der Waals surface area contributed by atoms with E-state index in [0.717, 1.165) is 39.4 Å². The Kier molecular flexibility index (Phi) is 4.24. The highest BCUT2D eigenvalue weighted by atomic mass is 16.5. The van der Waals surface area contributed by atoms with Crippen molar-refractivity contribution in [2.75, 3.05) is 44.7 Å². The Morgan fingerprint density at radius 1 is 1.47 bits per heavy atom. The molecule has 1 saturated heterocycles. The summed E-state index contributed by atoms with van der Waals surface area (Å²) < 4.78 is 5.27. The van der Waals surface area contributed by atoms with Crippen molar-refractivity contribution in [1.29, 1.82) is 5.26 Å². The van der Waals surface area contributed by atoms with Gasteiger partial charge in [-0.15, -0.1) is 0 Å². The maximum absolute atomic E-state index is 8.70. The van der Waals surface area contributed by atoms with Gasteiger partial charge in [-0.25, -0.2) is 9.97 Å². The highest BCUT2D eigenvalue weighted by Gasteiger charge is 2.09. The molecule has 0 unspecified atom stereocenters. The molecule has 1 aromatic heterocycles. The number of hydrogen-bond acceptors (Lipinski definition) is 6. The summed E-state index contributed by atoms with van der Waals surface area (Å²) in [4.78, 5) is 10.4. The van der Waals surface area contributed by atoms with Crippen LogP contribution in [0.5, 0.6) is 0 Å². The van der Waals surface area contributed by atoms with Gasteiger partial charge in [0.2, 0.25) is 5.95 Å². The van der Waals surface area contributed by atoms with Gasteiger partial charge in [0.25, 0.3) is 0 Å². The smallest absolute Gasteiger partial charge is 0.223 e. The molecule has 0 amide bonds. The molecule has 90 valence electrons. The third-order valence-electron chi connectivity index (χ3n) is 2.58. The fraction of sp³-hybridized carbons (Fsp3) is 0.545. The molecule has 0 aliphatic carbocycles. The zero-order valence-corrected chi connectivity index (χ0v) is 9.59. The molecule has 17 heavy (non-hydrogen) atoms. The first-order valence-electron chi connectivity index (χ1n) is 5.65. The quantitative estimate of drug-likeness (QED) is 0.794. The number of hydrogen-bond donors (Lipinski definition) is 1. The summed E-state index contributed by atoms with van der Waals surface area (Å²) in [6, 6.07) is 3.58. The van der Waals surface area contributed by atoms with Gasteiger partial charge in [-0.1, -0.05) is 0 Å². The zero-order chi connectivity index (χ0) is 11.9. The highest BCUT2D eigenvalue weighted by molar-refractivity contribution is 5.29. The first-order chi connectivity index (χ1) is 8.38. The molecule has 0 saturated carbocycles. The van der Waals surface area contributed by atoms with Crippen LogP contribution in [0.2, 0.25) is 0 Å².